The van der Waals surface area contributed by atoms with Gasteiger partial charge in [-0.05, 0) is 24.3 Å². The topological polar surface area (TPSA) is 37.3 Å². The van der Waals surface area contributed by atoms with Crippen LogP contribution in [-0.4, -0.2) is 11.1 Å². The second-order valence-electron chi connectivity index (χ2n) is 3.66. The number of carboxylic acids is 1. The van der Waals surface area contributed by atoms with Crippen molar-refractivity contribution in [3.05, 3.63) is 45.8 Å². The summed E-state index contributed by atoms with van der Waals surface area (Å²) in [4.78, 5) is 11.4. The van der Waals surface area contributed by atoms with Crippen LogP contribution < -0.4 is 0 Å². The van der Waals surface area contributed by atoms with Gasteiger partial charge in [0, 0.05) is 15.5 Å². The summed E-state index contributed by atoms with van der Waals surface area (Å²) in [7, 11) is 0. The maximum Gasteiger partial charge on any atom is 0.416 e. The Kier molecular flexibility index (Phi) is 3.56. The third-order valence-electron chi connectivity index (χ3n) is 2.38. The summed E-state index contributed by atoms with van der Waals surface area (Å²) >= 11 is 6.77. The zero-order chi connectivity index (χ0) is 14.2. The number of halogens is 4. The summed E-state index contributed by atoms with van der Waals surface area (Å²) in [5, 5.41) is 8.73. The van der Waals surface area contributed by atoms with Crippen LogP contribution in [0.5, 0.6) is 0 Å². The van der Waals surface area contributed by atoms with Crippen LogP contribution in [0, 0.1) is 0 Å². The lowest BCUT2D eigenvalue weighted by atomic mass is 10.1. The standard InChI is InChI=1S/C12H6ClF3O2S/c13-8-5-6(12(14,15)16)1-2-7(8)9-3-4-10(19-9)11(17)18/h1-5H,(H,17,18). The molecule has 0 fully saturated rings. The molecule has 19 heavy (non-hydrogen) atoms. The minimum atomic E-state index is -4.45. The van der Waals surface area contributed by atoms with Crippen molar-refractivity contribution in [2.24, 2.45) is 0 Å². The molecule has 100 valence electrons. The fourth-order valence-electron chi connectivity index (χ4n) is 1.49. The lowest BCUT2D eigenvalue weighted by Gasteiger charge is -2.08. The average Bonchev–Trinajstić information content (AvgIpc) is 2.76. The van der Waals surface area contributed by atoms with E-state index < -0.39 is 17.7 Å². The quantitative estimate of drug-likeness (QED) is 0.866. The monoisotopic (exact) mass is 306 g/mol. The number of hydrogen-bond acceptors (Lipinski definition) is 2. The molecule has 0 bridgehead atoms. The molecule has 2 nitrogen and oxygen atoms in total. The summed E-state index contributed by atoms with van der Waals surface area (Å²) in [6.45, 7) is 0. The number of thiophene rings is 1. The fraction of sp³-hybridized carbons (Fsp3) is 0.0833. The molecule has 0 aliphatic carbocycles. The van der Waals surface area contributed by atoms with E-state index in [2.05, 4.69) is 0 Å². The number of hydrogen-bond donors (Lipinski definition) is 1. The Morgan fingerprint density at radius 2 is 1.89 bits per heavy atom. The van der Waals surface area contributed by atoms with Gasteiger partial charge in [-0.3, -0.25) is 0 Å². The first-order chi connectivity index (χ1) is 8.79. The molecule has 0 radical (unpaired) electrons. The fourth-order valence-corrected chi connectivity index (χ4v) is 2.71. The smallest absolute Gasteiger partial charge is 0.416 e. The van der Waals surface area contributed by atoms with Crippen molar-refractivity contribution >= 4 is 28.9 Å². The Morgan fingerprint density at radius 1 is 1.21 bits per heavy atom. The van der Waals surface area contributed by atoms with Gasteiger partial charge >= 0.3 is 12.1 Å². The van der Waals surface area contributed by atoms with Gasteiger partial charge < -0.3 is 5.11 Å². The van der Waals surface area contributed by atoms with Crippen molar-refractivity contribution in [2.45, 2.75) is 6.18 Å². The molecule has 0 aliphatic rings. The van der Waals surface area contributed by atoms with E-state index in [1.807, 2.05) is 0 Å². The van der Waals surface area contributed by atoms with Crippen LogP contribution in [0.4, 0.5) is 13.2 Å². The molecule has 2 aromatic rings. The Morgan fingerprint density at radius 3 is 2.37 bits per heavy atom. The van der Waals surface area contributed by atoms with Crippen LogP contribution >= 0.6 is 22.9 Å². The molecule has 0 amide bonds. The molecule has 0 spiro atoms. The molecule has 7 heteroatoms. The van der Waals surface area contributed by atoms with E-state index in [9.17, 15) is 18.0 Å². The first kappa shape index (κ1) is 13.9. The Balaban J connectivity index is 2.43. The lowest BCUT2D eigenvalue weighted by Crippen LogP contribution is -2.04. The van der Waals surface area contributed by atoms with Crippen LogP contribution in [0.25, 0.3) is 10.4 Å². The predicted molar refractivity (Wildman–Crippen MR) is 66.7 cm³/mol. The molecule has 1 heterocycles. The van der Waals surface area contributed by atoms with Gasteiger partial charge in [0.15, 0.2) is 0 Å². The van der Waals surface area contributed by atoms with E-state index >= 15 is 0 Å². The number of rotatable bonds is 2. The van der Waals surface area contributed by atoms with Gasteiger partial charge in [0.1, 0.15) is 4.88 Å². The van der Waals surface area contributed by atoms with Crippen molar-refractivity contribution in [1.29, 1.82) is 0 Å². The molecule has 0 aliphatic heterocycles. The van der Waals surface area contributed by atoms with Crippen molar-refractivity contribution < 1.29 is 23.1 Å². The first-order valence-corrected chi connectivity index (χ1v) is 6.19. The third-order valence-corrected chi connectivity index (χ3v) is 3.80. The van der Waals surface area contributed by atoms with Crippen LogP contribution in [0.2, 0.25) is 5.02 Å². The average molecular weight is 307 g/mol. The van der Waals surface area contributed by atoms with Crippen molar-refractivity contribution in [3.63, 3.8) is 0 Å². The molecule has 2 rings (SSSR count). The predicted octanol–water partition coefficient (Wildman–Crippen LogP) is 4.79. The van der Waals surface area contributed by atoms with Gasteiger partial charge in [-0.2, -0.15) is 13.2 Å². The van der Waals surface area contributed by atoms with E-state index in [0.717, 1.165) is 23.5 Å². The van der Waals surface area contributed by atoms with E-state index in [1.165, 1.54) is 18.2 Å². The highest BCUT2D eigenvalue weighted by atomic mass is 35.5. The second kappa shape index (κ2) is 4.86. The summed E-state index contributed by atoms with van der Waals surface area (Å²) in [6, 6.07) is 5.89. The molecule has 0 atom stereocenters. The van der Waals surface area contributed by atoms with Gasteiger partial charge in [-0.1, -0.05) is 17.7 Å². The van der Waals surface area contributed by atoms with Crippen molar-refractivity contribution in [1.82, 2.24) is 0 Å². The second-order valence-corrected chi connectivity index (χ2v) is 5.15. The highest BCUT2D eigenvalue weighted by Gasteiger charge is 2.31. The molecule has 1 aromatic heterocycles. The maximum absolute atomic E-state index is 12.5. The third kappa shape index (κ3) is 2.90. The highest BCUT2D eigenvalue weighted by Crippen LogP contribution is 2.37. The van der Waals surface area contributed by atoms with Crippen LogP contribution in [0.1, 0.15) is 15.2 Å². The summed E-state index contributed by atoms with van der Waals surface area (Å²) < 4.78 is 37.4. The van der Waals surface area contributed by atoms with Crippen molar-refractivity contribution in [3.8, 4) is 10.4 Å². The Hall–Kier alpha value is -1.53. The summed E-state index contributed by atoms with van der Waals surface area (Å²) in [5.74, 6) is -1.08. The Labute approximate surface area is 115 Å². The Bertz CT molecular complexity index is 634. The number of benzene rings is 1. The molecular weight excluding hydrogens is 301 g/mol. The lowest BCUT2D eigenvalue weighted by molar-refractivity contribution is -0.137. The van der Waals surface area contributed by atoms with Gasteiger partial charge in [-0.25, -0.2) is 4.79 Å². The zero-order valence-corrected chi connectivity index (χ0v) is 10.7. The highest BCUT2D eigenvalue weighted by molar-refractivity contribution is 7.17. The van der Waals surface area contributed by atoms with E-state index in [1.54, 1.807) is 0 Å². The first-order valence-electron chi connectivity index (χ1n) is 4.99. The van der Waals surface area contributed by atoms with Gasteiger partial charge in [0.25, 0.3) is 0 Å². The van der Waals surface area contributed by atoms with Crippen LogP contribution in [0.15, 0.2) is 30.3 Å². The summed E-state index contributed by atoms with van der Waals surface area (Å²) in [6.07, 6.45) is -4.45. The molecule has 1 N–H and O–H groups in total. The SMILES string of the molecule is O=C(O)c1ccc(-c2ccc(C(F)(F)F)cc2Cl)s1. The van der Waals surface area contributed by atoms with E-state index in [0.29, 0.717) is 10.4 Å². The van der Waals surface area contributed by atoms with Gasteiger partial charge in [-0.15, -0.1) is 11.3 Å². The normalized spacial score (nSPS) is 11.6. The number of carbonyl (C=O) groups is 1. The largest absolute Gasteiger partial charge is 0.477 e. The minimum absolute atomic E-state index is 0.0615. The van der Waals surface area contributed by atoms with Gasteiger partial charge in [0.2, 0.25) is 0 Å². The van der Waals surface area contributed by atoms with Gasteiger partial charge in [0.05, 0.1) is 5.56 Å². The zero-order valence-electron chi connectivity index (χ0n) is 9.16. The number of aromatic carboxylic acids is 1. The number of alkyl halides is 3. The molecule has 0 unspecified atom stereocenters. The summed E-state index contributed by atoms with van der Waals surface area (Å²) in [5.41, 5.74) is -0.455. The molecular formula is C12H6ClF3O2S. The molecule has 0 saturated heterocycles. The van der Waals surface area contributed by atoms with Crippen LogP contribution in [0.3, 0.4) is 0 Å². The number of carboxylic acid groups (broad SMARTS) is 1. The van der Waals surface area contributed by atoms with Crippen molar-refractivity contribution in [2.75, 3.05) is 0 Å². The van der Waals surface area contributed by atoms with Crippen LogP contribution in [-0.2, 0) is 6.18 Å². The van der Waals surface area contributed by atoms with E-state index in [-0.39, 0.29) is 9.90 Å². The molecule has 1 aromatic carbocycles. The minimum Gasteiger partial charge on any atom is -0.477 e. The maximum atomic E-state index is 12.5. The van der Waals surface area contributed by atoms with E-state index in [4.69, 9.17) is 16.7 Å². The molecule has 0 saturated carbocycles.